The van der Waals surface area contributed by atoms with E-state index >= 15 is 0 Å². The minimum Gasteiger partial charge on any atom is -0.219 e. The summed E-state index contributed by atoms with van der Waals surface area (Å²) in [5.74, 6) is 0.0880. The molecule has 1 amide bonds. The van der Waals surface area contributed by atoms with Crippen LogP contribution in [-0.4, -0.2) is 23.7 Å². The Labute approximate surface area is 107 Å². The predicted octanol–water partition coefficient (Wildman–Crippen LogP) is 2.52. The van der Waals surface area contributed by atoms with E-state index in [1.807, 2.05) is 66.9 Å². The van der Waals surface area contributed by atoms with Gasteiger partial charge in [0.1, 0.15) is 7.05 Å². The molecule has 0 fully saturated rings. The number of amides is 1. The molecular formula is C16H16NO+. The Kier molecular flexibility index (Phi) is 4.02. The second-order valence-electron chi connectivity index (χ2n) is 4.21. The quantitative estimate of drug-likeness (QED) is 0.594. The van der Waals surface area contributed by atoms with Gasteiger partial charge < -0.3 is 0 Å². The highest BCUT2D eigenvalue weighted by molar-refractivity contribution is 5.82. The van der Waals surface area contributed by atoms with Gasteiger partial charge in [-0.15, -0.1) is 0 Å². The molecule has 2 rings (SSSR count). The van der Waals surface area contributed by atoms with Crippen LogP contribution in [0.4, 0.5) is 0 Å². The van der Waals surface area contributed by atoms with Crippen LogP contribution in [0.3, 0.4) is 0 Å². The van der Waals surface area contributed by atoms with Crippen LogP contribution in [0.5, 0.6) is 0 Å². The minimum absolute atomic E-state index is 0.0880. The van der Waals surface area contributed by atoms with E-state index < -0.39 is 0 Å². The monoisotopic (exact) mass is 238 g/mol. The fourth-order valence-electron chi connectivity index (χ4n) is 1.73. The number of rotatable bonds is 3. The molecule has 2 nitrogen and oxygen atoms in total. The van der Waals surface area contributed by atoms with E-state index in [9.17, 15) is 4.79 Å². The summed E-state index contributed by atoms with van der Waals surface area (Å²) in [6.45, 7) is 0. The van der Waals surface area contributed by atoms with Gasteiger partial charge in [0.15, 0.2) is 6.21 Å². The fourth-order valence-corrected chi connectivity index (χ4v) is 1.73. The summed E-state index contributed by atoms with van der Waals surface area (Å²) in [5.41, 5.74) is 2.07. The number of likely N-dealkylation sites (N-methyl/N-ethyl adjacent to an activating group) is 1. The van der Waals surface area contributed by atoms with Crippen molar-refractivity contribution in [3.63, 3.8) is 0 Å². The van der Waals surface area contributed by atoms with Crippen LogP contribution in [0.2, 0.25) is 0 Å². The molecule has 18 heavy (non-hydrogen) atoms. The Hall–Kier alpha value is -2.22. The number of hydrogen-bond acceptors (Lipinski definition) is 1. The van der Waals surface area contributed by atoms with Crippen LogP contribution < -0.4 is 0 Å². The number of carbonyl (C=O) groups is 1. The highest BCUT2D eigenvalue weighted by Crippen LogP contribution is 2.01. The normalized spacial score (nSPS) is 11.3. The first-order valence-corrected chi connectivity index (χ1v) is 5.95. The van der Waals surface area contributed by atoms with E-state index in [-0.39, 0.29) is 5.91 Å². The molecule has 0 aliphatic heterocycles. The zero-order valence-electron chi connectivity index (χ0n) is 10.4. The molecule has 0 radical (unpaired) electrons. The number of hydrogen-bond donors (Lipinski definition) is 0. The second kappa shape index (κ2) is 5.92. The third-order valence-corrected chi connectivity index (χ3v) is 2.73. The molecule has 0 aliphatic carbocycles. The lowest BCUT2D eigenvalue weighted by molar-refractivity contribution is -0.413. The van der Waals surface area contributed by atoms with E-state index in [0.717, 1.165) is 11.1 Å². The zero-order chi connectivity index (χ0) is 12.8. The van der Waals surface area contributed by atoms with Gasteiger partial charge in [-0.3, -0.25) is 0 Å². The highest BCUT2D eigenvalue weighted by atomic mass is 16.2. The van der Waals surface area contributed by atoms with Crippen LogP contribution in [0, 0.1) is 0 Å². The maximum absolute atomic E-state index is 12.0. The lowest BCUT2D eigenvalue weighted by atomic mass is 10.1. The zero-order valence-corrected chi connectivity index (χ0v) is 10.4. The lowest BCUT2D eigenvalue weighted by Gasteiger charge is -1.97. The van der Waals surface area contributed by atoms with Crippen molar-refractivity contribution >= 4 is 12.1 Å². The van der Waals surface area contributed by atoms with Gasteiger partial charge >= 0.3 is 5.91 Å². The van der Waals surface area contributed by atoms with Crippen molar-refractivity contribution in [2.45, 2.75) is 6.42 Å². The first-order valence-electron chi connectivity index (χ1n) is 5.95. The summed E-state index contributed by atoms with van der Waals surface area (Å²) >= 11 is 0. The van der Waals surface area contributed by atoms with E-state index in [4.69, 9.17) is 0 Å². The summed E-state index contributed by atoms with van der Waals surface area (Å²) in [5, 5.41) is 0. The predicted molar refractivity (Wildman–Crippen MR) is 72.9 cm³/mol. The average molecular weight is 238 g/mol. The van der Waals surface area contributed by atoms with E-state index in [2.05, 4.69) is 0 Å². The summed E-state index contributed by atoms with van der Waals surface area (Å²) in [6.07, 6.45) is 2.28. The maximum atomic E-state index is 12.0. The molecule has 0 aromatic heterocycles. The fraction of sp³-hybridized carbons (Fsp3) is 0.125. The van der Waals surface area contributed by atoms with Gasteiger partial charge in [0, 0.05) is 5.56 Å². The van der Waals surface area contributed by atoms with Crippen LogP contribution in [-0.2, 0) is 11.2 Å². The smallest absolute Gasteiger partial charge is 0.219 e. The van der Waals surface area contributed by atoms with Crippen molar-refractivity contribution in [3.8, 4) is 0 Å². The molecule has 2 heteroatoms. The van der Waals surface area contributed by atoms with Gasteiger partial charge in [-0.1, -0.05) is 48.5 Å². The van der Waals surface area contributed by atoms with Crippen LogP contribution >= 0.6 is 0 Å². The summed E-state index contributed by atoms with van der Waals surface area (Å²) in [6, 6.07) is 19.6. The largest absolute Gasteiger partial charge is 0.391 e. The van der Waals surface area contributed by atoms with E-state index in [1.165, 1.54) is 0 Å². The molecule has 0 saturated heterocycles. The van der Waals surface area contributed by atoms with Crippen molar-refractivity contribution in [2.24, 2.45) is 0 Å². The van der Waals surface area contributed by atoms with Gasteiger partial charge in [-0.25, -0.2) is 4.79 Å². The summed E-state index contributed by atoms with van der Waals surface area (Å²) in [4.78, 5) is 12.0. The Morgan fingerprint density at radius 3 is 2.17 bits per heavy atom. The van der Waals surface area contributed by atoms with Crippen molar-refractivity contribution in [3.05, 3.63) is 71.8 Å². The van der Waals surface area contributed by atoms with Crippen LogP contribution in [0.1, 0.15) is 11.1 Å². The average Bonchev–Trinajstić information content (AvgIpc) is 2.41. The Balaban J connectivity index is 2.08. The molecule has 0 heterocycles. The van der Waals surface area contributed by atoms with Gasteiger partial charge in [0.25, 0.3) is 0 Å². The molecule has 2 aromatic carbocycles. The molecular weight excluding hydrogens is 222 g/mol. The Bertz CT molecular complexity index is 544. The van der Waals surface area contributed by atoms with E-state index in [1.54, 1.807) is 11.6 Å². The van der Waals surface area contributed by atoms with E-state index in [0.29, 0.717) is 6.42 Å². The van der Waals surface area contributed by atoms with Crippen LogP contribution in [0.25, 0.3) is 0 Å². The molecule has 2 aromatic rings. The standard InChI is InChI=1S/C16H16NO/c1-17(13-15-10-6-3-7-11-15)16(18)12-14-8-4-2-5-9-14/h2-11,13H,12H2,1H3/q+1. The number of carbonyl (C=O) groups excluding carboxylic acids is 1. The second-order valence-corrected chi connectivity index (χ2v) is 4.21. The van der Waals surface area contributed by atoms with Crippen molar-refractivity contribution in [2.75, 3.05) is 7.05 Å². The first-order chi connectivity index (χ1) is 8.75. The molecule has 0 atom stereocenters. The van der Waals surface area contributed by atoms with Gasteiger partial charge in [-0.2, -0.15) is 4.58 Å². The summed E-state index contributed by atoms with van der Waals surface area (Å²) < 4.78 is 1.64. The van der Waals surface area contributed by atoms with Crippen LogP contribution in [0.15, 0.2) is 60.7 Å². The maximum Gasteiger partial charge on any atom is 0.391 e. The minimum atomic E-state index is 0.0880. The third-order valence-electron chi connectivity index (χ3n) is 2.73. The molecule has 90 valence electrons. The van der Waals surface area contributed by atoms with Gasteiger partial charge in [-0.05, 0) is 17.7 Å². The van der Waals surface area contributed by atoms with Crippen molar-refractivity contribution in [1.29, 1.82) is 0 Å². The molecule has 0 bridgehead atoms. The van der Waals surface area contributed by atoms with Gasteiger partial charge in [0.2, 0.25) is 0 Å². The first kappa shape index (κ1) is 12.2. The summed E-state index contributed by atoms with van der Waals surface area (Å²) in [7, 11) is 1.79. The van der Waals surface area contributed by atoms with Gasteiger partial charge in [0.05, 0.1) is 6.42 Å². The van der Waals surface area contributed by atoms with Crippen molar-refractivity contribution < 1.29 is 9.37 Å². The molecule has 0 N–H and O–H groups in total. The molecule has 0 spiro atoms. The SMILES string of the molecule is C[N+](=Cc1ccccc1)C(=O)Cc1ccccc1. The Morgan fingerprint density at radius 2 is 1.56 bits per heavy atom. The number of benzene rings is 2. The molecule has 0 unspecified atom stereocenters. The topological polar surface area (TPSA) is 20.1 Å². The highest BCUT2D eigenvalue weighted by Gasteiger charge is 2.12. The Morgan fingerprint density at radius 1 is 1.00 bits per heavy atom. The third kappa shape index (κ3) is 3.39. The molecule has 0 saturated carbocycles. The molecule has 0 aliphatic rings. The van der Waals surface area contributed by atoms with Crippen molar-refractivity contribution in [1.82, 2.24) is 0 Å². The lowest BCUT2D eigenvalue weighted by Crippen LogP contribution is -2.20. The number of nitrogens with zero attached hydrogens (tertiary/aromatic N) is 1.